The fraction of sp³-hybridized carbons (Fsp3) is 0.444. The fourth-order valence-corrected chi connectivity index (χ4v) is 3.90. The molecule has 1 saturated heterocycles. The number of esters is 1. The lowest BCUT2D eigenvalue weighted by Gasteiger charge is -2.17. The Labute approximate surface area is 150 Å². The summed E-state index contributed by atoms with van der Waals surface area (Å²) in [6, 6.07) is 7.84. The van der Waals surface area contributed by atoms with Crippen molar-refractivity contribution in [2.75, 3.05) is 17.8 Å². The van der Waals surface area contributed by atoms with Gasteiger partial charge < -0.3 is 4.74 Å². The highest BCUT2D eigenvalue weighted by molar-refractivity contribution is 8.13. The van der Waals surface area contributed by atoms with Crippen LogP contribution in [0, 0.1) is 11.8 Å². The molecule has 25 heavy (non-hydrogen) atoms. The molecule has 0 bridgehead atoms. The van der Waals surface area contributed by atoms with Crippen LogP contribution in [0.5, 0.6) is 0 Å². The predicted octanol–water partition coefficient (Wildman–Crippen LogP) is 2.28. The molecule has 3 rings (SSSR count). The lowest BCUT2D eigenvalue weighted by atomic mass is 9.92. The highest BCUT2D eigenvalue weighted by atomic mass is 32.2. The molecule has 0 N–H and O–H groups in total. The number of rotatable bonds is 5. The summed E-state index contributed by atoms with van der Waals surface area (Å²) in [6.45, 7) is 2.30. The number of nitrogens with zero attached hydrogens (tertiary/aromatic N) is 2. The SMILES string of the molecule is CCCCOC(=O)[C@@H]1N=C(SC)[C@H]2C(=O)N(c3ccccc3)C(=O)[C@H]21. The zero-order valence-electron chi connectivity index (χ0n) is 14.2. The van der Waals surface area contributed by atoms with Gasteiger partial charge in [-0.2, -0.15) is 0 Å². The molecule has 2 aliphatic heterocycles. The molecular weight excluding hydrogens is 340 g/mol. The number of carbonyl (C=O) groups excluding carboxylic acids is 3. The predicted molar refractivity (Wildman–Crippen MR) is 96.5 cm³/mol. The van der Waals surface area contributed by atoms with Gasteiger partial charge in [0.1, 0.15) is 5.92 Å². The van der Waals surface area contributed by atoms with Crippen LogP contribution in [-0.2, 0) is 19.1 Å². The summed E-state index contributed by atoms with van der Waals surface area (Å²) in [7, 11) is 0. The molecule has 1 aromatic rings. The normalized spacial score (nSPS) is 25.1. The Hall–Kier alpha value is -2.15. The molecule has 1 fully saturated rings. The number of thioether (sulfide) groups is 1. The van der Waals surface area contributed by atoms with Crippen molar-refractivity contribution < 1.29 is 19.1 Å². The van der Waals surface area contributed by atoms with Gasteiger partial charge in [-0.1, -0.05) is 31.5 Å². The van der Waals surface area contributed by atoms with Crippen molar-refractivity contribution in [2.45, 2.75) is 25.8 Å². The van der Waals surface area contributed by atoms with Crippen LogP contribution in [0.15, 0.2) is 35.3 Å². The zero-order chi connectivity index (χ0) is 18.0. The maximum Gasteiger partial charge on any atom is 0.331 e. The van der Waals surface area contributed by atoms with Gasteiger partial charge in [0, 0.05) is 0 Å². The van der Waals surface area contributed by atoms with Crippen LogP contribution in [0.4, 0.5) is 5.69 Å². The summed E-state index contributed by atoms with van der Waals surface area (Å²) in [5, 5.41) is 0.527. The van der Waals surface area contributed by atoms with E-state index in [-0.39, 0.29) is 11.8 Å². The number of hydrogen-bond donors (Lipinski definition) is 0. The maximum atomic E-state index is 12.9. The Morgan fingerprint density at radius 1 is 1.24 bits per heavy atom. The number of ether oxygens (including phenoxy) is 1. The Morgan fingerprint density at radius 2 is 1.96 bits per heavy atom. The van der Waals surface area contributed by atoms with Crippen molar-refractivity contribution in [1.82, 2.24) is 0 Å². The number of unbranched alkanes of at least 4 members (excludes halogenated alkanes) is 1. The van der Waals surface area contributed by atoms with Crippen molar-refractivity contribution in [2.24, 2.45) is 16.8 Å². The van der Waals surface area contributed by atoms with Gasteiger partial charge in [-0.05, 0) is 24.8 Å². The monoisotopic (exact) mass is 360 g/mol. The Kier molecular flexibility index (Phi) is 5.22. The van der Waals surface area contributed by atoms with Gasteiger partial charge in [0.05, 0.1) is 23.3 Å². The molecule has 0 aromatic heterocycles. The smallest absolute Gasteiger partial charge is 0.331 e. The first-order chi connectivity index (χ1) is 12.1. The van der Waals surface area contributed by atoms with Crippen LogP contribution in [0.1, 0.15) is 19.8 Å². The summed E-state index contributed by atoms with van der Waals surface area (Å²) in [4.78, 5) is 43.7. The Balaban J connectivity index is 1.88. The van der Waals surface area contributed by atoms with Crippen LogP contribution in [-0.4, -0.2) is 41.7 Å². The third-order valence-corrected chi connectivity index (χ3v) is 5.21. The van der Waals surface area contributed by atoms with Crippen LogP contribution in [0.2, 0.25) is 0 Å². The zero-order valence-corrected chi connectivity index (χ0v) is 15.0. The fourth-order valence-electron chi connectivity index (χ4n) is 3.18. The molecule has 0 spiro atoms. The van der Waals surface area contributed by atoms with E-state index in [1.54, 1.807) is 30.5 Å². The van der Waals surface area contributed by atoms with Crippen LogP contribution in [0.25, 0.3) is 0 Å². The van der Waals surface area contributed by atoms with Crippen LogP contribution >= 0.6 is 11.8 Å². The molecule has 2 heterocycles. The average molecular weight is 360 g/mol. The molecule has 2 amide bonds. The summed E-state index contributed by atoms with van der Waals surface area (Å²) in [5.41, 5.74) is 0.519. The second-order valence-electron chi connectivity index (χ2n) is 5.99. The molecule has 3 atom stereocenters. The molecule has 0 radical (unpaired) electrons. The van der Waals surface area contributed by atoms with Gasteiger partial charge in [0.25, 0.3) is 0 Å². The number of hydrogen-bond acceptors (Lipinski definition) is 6. The molecule has 1 aromatic carbocycles. The third-order valence-electron chi connectivity index (χ3n) is 4.43. The van der Waals surface area contributed by atoms with Gasteiger partial charge in [-0.15, -0.1) is 11.8 Å². The molecule has 0 aliphatic carbocycles. The number of aliphatic imine (C=N–C) groups is 1. The number of anilines is 1. The van der Waals surface area contributed by atoms with Crippen LogP contribution < -0.4 is 4.90 Å². The van der Waals surface area contributed by atoms with Crippen molar-refractivity contribution in [3.63, 3.8) is 0 Å². The van der Waals surface area contributed by atoms with E-state index < -0.39 is 23.8 Å². The van der Waals surface area contributed by atoms with Gasteiger partial charge in [-0.25, -0.2) is 9.69 Å². The standard InChI is InChI=1S/C18H20N2O4S/c1-3-4-10-24-18(23)14-12-13(15(19-14)25-2)17(22)20(16(12)21)11-8-6-5-7-9-11/h5-9,12-14H,3-4,10H2,1-2H3/t12-,13+,14-/m1/s1. The molecule has 132 valence electrons. The maximum absolute atomic E-state index is 12.9. The lowest BCUT2D eigenvalue weighted by molar-refractivity contribution is -0.148. The van der Waals surface area contributed by atoms with E-state index in [4.69, 9.17) is 4.74 Å². The van der Waals surface area contributed by atoms with E-state index in [1.807, 2.05) is 13.0 Å². The quantitative estimate of drug-likeness (QED) is 0.457. The summed E-state index contributed by atoms with van der Waals surface area (Å²) in [5.74, 6) is -2.72. The van der Waals surface area contributed by atoms with Crippen molar-refractivity contribution in [3.8, 4) is 0 Å². The van der Waals surface area contributed by atoms with Gasteiger partial charge in [-0.3, -0.25) is 14.6 Å². The lowest BCUT2D eigenvalue weighted by Crippen LogP contribution is -2.36. The number of benzene rings is 1. The largest absolute Gasteiger partial charge is 0.464 e. The van der Waals surface area contributed by atoms with Crippen molar-refractivity contribution in [1.29, 1.82) is 0 Å². The van der Waals surface area contributed by atoms with Gasteiger partial charge in [0.2, 0.25) is 11.8 Å². The number of fused-ring (bicyclic) bond motifs is 1. The summed E-state index contributed by atoms with van der Waals surface area (Å²) >= 11 is 1.30. The van der Waals surface area contributed by atoms with E-state index in [0.29, 0.717) is 17.3 Å². The number of amides is 2. The third kappa shape index (κ3) is 3.08. The molecule has 0 saturated carbocycles. The van der Waals surface area contributed by atoms with Crippen LogP contribution in [0.3, 0.4) is 0 Å². The first-order valence-corrected chi connectivity index (χ1v) is 9.53. The van der Waals surface area contributed by atoms with E-state index >= 15 is 0 Å². The molecular formula is C18H20N2O4S. The molecule has 2 aliphatic rings. The second kappa shape index (κ2) is 7.39. The summed E-state index contributed by atoms with van der Waals surface area (Å²) in [6.07, 6.45) is 3.46. The Morgan fingerprint density at radius 3 is 2.60 bits per heavy atom. The summed E-state index contributed by atoms with van der Waals surface area (Å²) < 4.78 is 5.25. The Bertz CT molecular complexity index is 719. The van der Waals surface area contributed by atoms with E-state index in [1.165, 1.54) is 16.7 Å². The van der Waals surface area contributed by atoms with Crippen molar-refractivity contribution in [3.05, 3.63) is 30.3 Å². The topological polar surface area (TPSA) is 76.0 Å². The second-order valence-corrected chi connectivity index (χ2v) is 6.81. The highest BCUT2D eigenvalue weighted by Crippen LogP contribution is 2.41. The number of para-hydroxylation sites is 1. The minimum atomic E-state index is -0.936. The first-order valence-electron chi connectivity index (χ1n) is 8.31. The average Bonchev–Trinajstić information content (AvgIpc) is 3.13. The molecule has 7 heteroatoms. The highest BCUT2D eigenvalue weighted by Gasteiger charge is 2.59. The van der Waals surface area contributed by atoms with E-state index in [2.05, 4.69) is 4.99 Å². The molecule has 0 unspecified atom stereocenters. The van der Waals surface area contributed by atoms with E-state index in [9.17, 15) is 14.4 Å². The van der Waals surface area contributed by atoms with E-state index in [0.717, 1.165) is 12.8 Å². The number of carbonyl (C=O) groups is 3. The minimum absolute atomic E-state index is 0.303. The first kappa shape index (κ1) is 17.7. The minimum Gasteiger partial charge on any atom is -0.464 e. The van der Waals surface area contributed by atoms with Gasteiger partial charge in [0.15, 0.2) is 6.04 Å². The number of imide groups is 1. The van der Waals surface area contributed by atoms with Gasteiger partial charge >= 0.3 is 5.97 Å². The van der Waals surface area contributed by atoms with Crippen molar-refractivity contribution >= 4 is 40.3 Å². The molecule has 6 nitrogen and oxygen atoms in total.